The molecule has 0 aliphatic heterocycles. The van der Waals surface area contributed by atoms with Gasteiger partial charge in [0.2, 0.25) is 12.3 Å². The van der Waals surface area contributed by atoms with E-state index in [4.69, 9.17) is 4.74 Å². The highest BCUT2D eigenvalue weighted by Crippen LogP contribution is 2.18. The summed E-state index contributed by atoms with van der Waals surface area (Å²) in [7, 11) is 0. The van der Waals surface area contributed by atoms with Gasteiger partial charge in [0, 0.05) is 36.8 Å². The molecule has 0 atom stereocenters. The first kappa shape index (κ1) is 25.2. The molecule has 0 spiro atoms. The molecule has 1 heterocycles. The Labute approximate surface area is 202 Å². The second-order valence-corrected chi connectivity index (χ2v) is 7.56. The minimum atomic E-state index is -0.546. The Morgan fingerprint density at radius 3 is 2.66 bits per heavy atom. The average molecular weight is 478 g/mol. The lowest BCUT2D eigenvalue weighted by molar-refractivity contribution is -0.121. The molecule has 3 amide bonds. The van der Waals surface area contributed by atoms with Crippen LogP contribution in [0, 0.1) is 0 Å². The summed E-state index contributed by atoms with van der Waals surface area (Å²) < 4.78 is 6.25. The molecule has 3 aromatic rings. The summed E-state index contributed by atoms with van der Waals surface area (Å²) in [4.78, 5) is 46.3. The van der Waals surface area contributed by atoms with Crippen molar-refractivity contribution in [2.75, 3.05) is 18.5 Å². The molecule has 0 bridgehead atoms. The Bertz CT molecular complexity index is 1240. The molecule has 2 aromatic carbocycles. The van der Waals surface area contributed by atoms with Crippen LogP contribution in [0.3, 0.4) is 0 Å². The number of carbonyl (C=O) groups is 3. The molecule has 3 N–H and O–H groups in total. The van der Waals surface area contributed by atoms with E-state index in [1.54, 1.807) is 31.2 Å². The number of benzene rings is 2. The number of ether oxygens (including phenoxy) is 1. The quantitative estimate of drug-likeness (QED) is 0.287. The maximum atomic E-state index is 12.4. The molecule has 0 unspecified atom stereocenters. The molecule has 1 aromatic heterocycles. The van der Waals surface area contributed by atoms with Crippen molar-refractivity contribution in [3.63, 3.8) is 0 Å². The Kier molecular flexibility index (Phi) is 9.12. The van der Waals surface area contributed by atoms with Crippen molar-refractivity contribution in [3.8, 4) is 11.3 Å². The monoisotopic (exact) mass is 477 g/mol. The topological polar surface area (TPSA) is 131 Å². The van der Waals surface area contributed by atoms with Crippen LogP contribution in [-0.4, -0.2) is 41.3 Å². The Morgan fingerprint density at radius 2 is 1.86 bits per heavy atom. The van der Waals surface area contributed by atoms with Crippen molar-refractivity contribution in [3.05, 3.63) is 82.1 Å². The standard InChI is InChI=1S/C25H27N5O5/c1-2-35-25(34)28-21-8-4-6-19(14-21)16-30-24(33)10-9-22(29-30)20-7-3-5-18(13-20)15-27-23(32)11-12-26-17-31/h3-10,13-14,17H,2,11-12,15-16H2,1H3,(H,26,31)(H,27,32)(H,28,34). The Balaban J connectivity index is 1.71. The van der Waals surface area contributed by atoms with Gasteiger partial charge in [0.25, 0.3) is 5.56 Å². The van der Waals surface area contributed by atoms with Crippen LogP contribution < -0.4 is 21.5 Å². The summed E-state index contributed by atoms with van der Waals surface area (Å²) >= 11 is 0. The molecule has 3 rings (SSSR count). The van der Waals surface area contributed by atoms with Crippen LogP contribution in [0.15, 0.2) is 65.5 Å². The van der Waals surface area contributed by atoms with Gasteiger partial charge in [-0.1, -0.05) is 30.3 Å². The molecular formula is C25H27N5O5. The number of rotatable bonds is 11. The fraction of sp³-hybridized carbons (Fsp3) is 0.240. The molecule has 0 aliphatic rings. The van der Waals surface area contributed by atoms with E-state index >= 15 is 0 Å². The number of carbonyl (C=O) groups excluding carboxylic acids is 3. The number of nitrogens with zero attached hydrogens (tertiary/aromatic N) is 2. The summed E-state index contributed by atoms with van der Waals surface area (Å²) in [6.45, 7) is 2.82. The zero-order valence-corrected chi connectivity index (χ0v) is 19.3. The lowest BCUT2D eigenvalue weighted by atomic mass is 10.1. The second-order valence-electron chi connectivity index (χ2n) is 7.56. The molecule has 182 valence electrons. The van der Waals surface area contributed by atoms with E-state index < -0.39 is 6.09 Å². The SMILES string of the molecule is CCOC(=O)Nc1cccc(Cn2nc(-c3cccc(CNC(=O)CCNC=O)c3)ccc2=O)c1. The van der Waals surface area contributed by atoms with Gasteiger partial charge in [0.1, 0.15) is 0 Å². The van der Waals surface area contributed by atoms with E-state index in [-0.39, 0.29) is 37.6 Å². The van der Waals surface area contributed by atoms with Crippen LogP contribution in [0.5, 0.6) is 0 Å². The normalized spacial score (nSPS) is 10.3. The highest BCUT2D eigenvalue weighted by atomic mass is 16.5. The van der Waals surface area contributed by atoms with E-state index in [2.05, 4.69) is 21.0 Å². The van der Waals surface area contributed by atoms with Gasteiger partial charge in [-0.05, 0) is 42.3 Å². The minimum Gasteiger partial charge on any atom is -0.450 e. The molecule has 0 saturated carbocycles. The van der Waals surface area contributed by atoms with Gasteiger partial charge in [-0.25, -0.2) is 9.48 Å². The van der Waals surface area contributed by atoms with E-state index in [1.807, 2.05) is 30.3 Å². The first-order chi connectivity index (χ1) is 17.0. The maximum absolute atomic E-state index is 12.4. The molecule has 0 aliphatic carbocycles. The van der Waals surface area contributed by atoms with Gasteiger partial charge >= 0.3 is 6.09 Å². The summed E-state index contributed by atoms with van der Waals surface area (Å²) in [6.07, 6.45) is 0.206. The van der Waals surface area contributed by atoms with E-state index in [1.165, 1.54) is 10.7 Å². The molecule has 10 nitrogen and oxygen atoms in total. The fourth-order valence-corrected chi connectivity index (χ4v) is 3.30. The first-order valence-electron chi connectivity index (χ1n) is 11.1. The lowest BCUT2D eigenvalue weighted by Crippen LogP contribution is -2.26. The zero-order chi connectivity index (χ0) is 25.0. The lowest BCUT2D eigenvalue weighted by Gasteiger charge is -2.11. The number of hydrogen-bond donors (Lipinski definition) is 3. The smallest absolute Gasteiger partial charge is 0.411 e. The van der Waals surface area contributed by atoms with E-state index in [0.29, 0.717) is 24.3 Å². The summed E-state index contributed by atoms with van der Waals surface area (Å²) in [5.74, 6) is -0.170. The van der Waals surface area contributed by atoms with E-state index in [0.717, 1.165) is 16.7 Å². The van der Waals surface area contributed by atoms with Gasteiger partial charge in [0.05, 0.1) is 18.8 Å². The molecule has 0 fully saturated rings. The van der Waals surface area contributed by atoms with Crippen molar-refractivity contribution in [1.82, 2.24) is 20.4 Å². The molecule has 10 heteroatoms. The van der Waals surface area contributed by atoms with Crippen molar-refractivity contribution in [1.29, 1.82) is 0 Å². The number of amides is 3. The van der Waals surface area contributed by atoms with Crippen LogP contribution in [-0.2, 0) is 27.4 Å². The second kappa shape index (κ2) is 12.7. The zero-order valence-electron chi connectivity index (χ0n) is 19.3. The molecular weight excluding hydrogens is 450 g/mol. The number of aromatic nitrogens is 2. The van der Waals surface area contributed by atoms with Crippen LogP contribution in [0.2, 0.25) is 0 Å². The summed E-state index contributed by atoms with van der Waals surface area (Å²) in [5.41, 5.74) is 3.36. The van der Waals surface area contributed by atoms with Crippen LogP contribution in [0.4, 0.5) is 10.5 Å². The molecule has 0 radical (unpaired) electrons. The van der Waals surface area contributed by atoms with Crippen molar-refractivity contribution in [2.24, 2.45) is 0 Å². The largest absolute Gasteiger partial charge is 0.450 e. The Hall–Kier alpha value is -4.47. The van der Waals surface area contributed by atoms with E-state index in [9.17, 15) is 19.2 Å². The van der Waals surface area contributed by atoms with Gasteiger partial charge in [-0.2, -0.15) is 5.10 Å². The highest BCUT2D eigenvalue weighted by Gasteiger charge is 2.08. The van der Waals surface area contributed by atoms with Crippen molar-refractivity contribution < 1.29 is 19.1 Å². The average Bonchev–Trinajstić information content (AvgIpc) is 2.85. The number of anilines is 1. The molecule has 35 heavy (non-hydrogen) atoms. The minimum absolute atomic E-state index is 0.170. The summed E-state index contributed by atoms with van der Waals surface area (Å²) in [6, 6.07) is 17.7. The predicted molar refractivity (Wildman–Crippen MR) is 131 cm³/mol. The summed E-state index contributed by atoms with van der Waals surface area (Å²) in [5, 5.41) is 12.4. The molecule has 0 saturated heterocycles. The third-order valence-corrected chi connectivity index (χ3v) is 4.94. The third kappa shape index (κ3) is 7.81. The predicted octanol–water partition coefficient (Wildman–Crippen LogP) is 2.28. The number of nitrogens with one attached hydrogen (secondary N) is 3. The van der Waals surface area contributed by atoms with Crippen LogP contribution >= 0.6 is 0 Å². The van der Waals surface area contributed by atoms with Gasteiger partial charge in [-0.3, -0.25) is 19.7 Å². The fourth-order valence-electron chi connectivity index (χ4n) is 3.30. The van der Waals surface area contributed by atoms with Crippen molar-refractivity contribution in [2.45, 2.75) is 26.4 Å². The third-order valence-electron chi connectivity index (χ3n) is 4.94. The Morgan fingerprint density at radius 1 is 1.06 bits per heavy atom. The van der Waals surface area contributed by atoms with Gasteiger partial charge < -0.3 is 15.4 Å². The highest BCUT2D eigenvalue weighted by molar-refractivity contribution is 5.84. The first-order valence-corrected chi connectivity index (χ1v) is 11.1. The van der Waals surface area contributed by atoms with Gasteiger partial charge in [-0.15, -0.1) is 0 Å². The van der Waals surface area contributed by atoms with Crippen LogP contribution in [0.25, 0.3) is 11.3 Å². The van der Waals surface area contributed by atoms with Gasteiger partial charge in [0.15, 0.2) is 0 Å². The number of hydrogen-bond acceptors (Lipinski definition) is 6. The maximum Gasteiger partial charge on any atom is 0.411 e. The van der Waals surface area contributed by atoms with Crippen LogP contribution in [0.1, 0.15) is 24.5 Å². The van der Waals surface area contributed by atoms with Crippen molar-refractivity contribution >= 4 is 24.1 Å².